The van der Waals surface area contributed by atoms with Crippen LogP contribution in [0.15, 0.2) is 23.7 Å². The maximum absolute atomic E-state index is 4.39. The molecule has 2 bridgehead atoms. The van der Waals surface area contributed by atoms with Gasteiger partial charge in [0.05, 0.1) is 15.7 Å². The summed E-state index contributed by atoms with van der Waals surface area (Å²) in [4.78, 5) is 7.19. The minimum absolute atomic E-state index is 0.467. The summed E-state index contributed by atoms with van der Waals surface area (Å²) < 4.78 is 1.33. The third kappa shape index (κ3) is 2.59. The topological polar surface area (TPSA) is 16.1 Å². The predicted molar refractivity (Wildman–Crippen MR) is 94.2 cm³/mol. The van der Waals surface area contributed by atoms with Crippen molar-refractivity contribution in [3.8, 4) is 0 Å². The van der Waals surface area contributed by atoms with Crippen molar-refractivity contribution in [2.75, 3.05) is 0 Å². The lowest BCUT2D eigenvalue weighted by atomic mass is 9.73. The van der Waals surface area contributed by atoms with Gasteiger partial charge in [0.2, 0.25) is 0 Å². The standard InChI is InChI=1S/C19H26N2S/c1-19(2,3)14-9-15-5-6-16(10-14)21(15)11-13-4-7-17-18(8-13)22-12-20-17/h4,7-8,12,14-16H,5-6,9-11H2,1-3H3. The van der Waals surface area contributed by atoms with E-state index in [0.29, 0.717) is 5.41 Å². The van der Waals surface area contributed by atoms with Crippen molar-refractivity contribution in [1.29, 1.82) is 0 Å². The number of thiazole rings is 1. The summed E-state index contributed by atoms with van der Waals surface area (Å²) in [6.45, 7) is 8.39. The van der Waals surface area contributed by atoms with Crippen LogP contribution in [0.4, 0.5) is 0 Å². The highest BCUT2D eigenvalue weighted by atomic mass is 32.1. The third-order valence-corrected chi connectivity index (χ3v) is 6.66. The molecule has 0 saturated carbocycles. The first kappa shape index (κ1) is 14.6. The lowest BCUT2D eigenvalue weighted by Crippen LogP contribution is -2.45. The van der Waals surface area contributed by atoms with Crippen molar-refractivity contribution in [2.24, 2.45) is 11.3 Å². The average molecular weight is 314 g/mol. The summed E-state index contributed by atoms with van der Waals surface area (Å²) in [6.07, 6.45) is 5.59. The molecule has 2 aromatic rings. The lowest BCUT2D eigenvalue weighted by Gasteiger charge is -2.44. The molecular weight excluding hydrogens is 288 g/mol. The van der Waals surface area contributed by atoms with E-state index in [4.69, 9.17) is 0 Å². The molecule has 3 heterocycles. The molecule has 0 radical (unpaired) electrons. The molecule has 2 atom stereocenters. The first-order valence-corrected chi connectivity index (χ1v) is 9.46. The molecule has 0 N–H and O–H groups in total. The summed E-state index contributed by atoms with van der Waals surface area (Å²) in [5.41, 5.74) is 5.02. The first-order chi connectivity index (χ1) is 10.5. The van der Waals surface area contributed by atoms with E-state index in [1.54, 1.807) is 11.3 Å². The van der Waals surface area contributed by atoms with Crippen LogP contribution in [-0.4, -0.2) is 22.0 Å². The molecule has 0 aliphatic carbocycles. The highest BCUT2D eigenvalue weighted by Gasteiger charge is 2.43. The van der Waals surface area contributed by atoms with Crippen LogP contribution in [0.5, 0.6) is 0 Å². The van der Waals surface area contributed by atoms with Crippen LogP contribution in [0.3, 0.4) is 0 Å². The predicted octanol–water partition coefficient (Wildman–Crippen LogP) is 5.09. The van der Waals surface area contributed by atoms with Crippen molar-refractivity contribution < 1.29 is 0 Å². The Bertz CT molecular complexity index is 655. The summed E-state index contributed by atoms with van der Waals surface area (Å²) >= 11 is 1.75. The van der Waals surface area contributed by atoms with Crippen molar-refractivity contribution >= 4 is 21.6 Å². The fourth-order valence-electron chi connectivity index (χ4n) is 4.45. The van der Waals surface area contributed by atoms with E-state index in [2.05, 4.69) is 48.9 Å². The van der Waals surface area contributed by atoms with Gasteiger partial charge in [-0.2, -0.15) is 0 Å². The number of fused-ring (bicyclic) bond motifs is 3. The second-order valence-electron chi connectivity index (χ2n) is 8.25. The molecule has 2 saturated heterocycles. The molecule has 0 spiro atoms. The fraction of sp³-hybridized carbons (Fsp3) is 0.632. The third-order valence-electron chi connectivity index (χ3n) is 5.87. The second kappa shape index (κ2) is 5.31. The molecule has 2 aliphatic rings. The van der Waals surface area contributed by atoms with Gasteiger partial charge in [0.1, 0.15) is 0 Å². The average Bonchev–Trinajstić information content (AvgIpc) is 2.99. The molecule has 1 aromatic heterocycles. The van der Waals surface area contributed by atoms with Crippen molar-refractivity contribution in [3.05, 3.63) is 29.3 Å². The molecule has 4 rings (SSSR count). The van der Waals surface area contributed by atoms with Crippen LogP contribution in [0.25, 0.3) is 10.2 Å². The molecule has 2 unspecified atom stereocenters. The van der Waals surface area contributed by atoms with Gasteiger partial charge in [-0.25, -0.2) is 4.98 Å². The number of aromatic nitrogens is 1. The van der Waals surface area contributed by atoms with E-state index in [-0.39, 0.29) is 0 Å². The number of hydrogen-bond acceptors (Lipinski definition) is 3. The van der Waals surface area contributed by atoms with Gasteiger partial charge in [0.25, 0.3) is 0 Å². The van der Waals surface area contributed by atoms with Crippen LogP contribution in [0, 0.1) is 11.3 Å². The Labute approximate surface area is 137 Å². The molecule has 2 nitrogen and oxygen atoms in total. The summed E-state index contributed by atoms with van der Waals surface area (Å²) in [6, 6.07) is 8.42. The van der Waals surface area contributed by atoms with E-state index >= 15 is 0 Å². The Hall–Kier alpha value is -0.930. The van der Waals surface area contributed by atoms with Crippen LogP contribution in [-0.2, 0) is 6.54 Å². The van der Waals surface area contributed by atoms with E-state index in [0.717, 1.165) is 30.1 Å². The van der Waals surface area contributed by atoms with Crippen LogP contribution >= 0.6 is 11.3 Å². The molecule has 2 aliphatic heterocycles. The minimum atomic E-state index is 0.467. The Kier molecular flexibility index (Phi) is 3.54. The zero-order valence-electron chi connectivity index (χ0n) is 13.9. The van der Waals surface area contributed by atoms with Crippen LogP contribution in [0.1, 0.15) is 52.0 Å². The second-order valence-corrected chi connectivity index (χ2v) is 9.13. The normalized spacial score (nSPS) is 29.3. The molecule has 2 fully saturated rings. The van der Waals surface area contributed by atoms with Gasteiger partial charge in [-0.15, -0.1) is 11.3 Å². The van der Waals surface area contributed by atoms with Gasteiger partial charge in [-0.1, -0.05) is 26.8 Å². The van der Waals surface area contributed by atoms with Gasteiger partial charge in [0, 0.05) is 18.6 Å². The first-order valence-electron chi connectivity index (χ1n) is 8.58. The quantitative estimate of drug-likeness (QED) is 0.768. The SMILES string of the molecule is CC(C)(C)C1CC2CCC(C1)N2Cc1ccc2ncsc2c1. The number of rotatable bonds is 2. The Morgan fingerprint density at radius 1 is 1.18 bits per heavy atom. The van der Waals surface area contributed by atoms with E-state index in [1.165, 1.54) is 35.9 Å². The largest absolute Gasteiger partial charge is 0.293 e. The lowest BCUT2D eigenvalue weighted by molar-refractivity contribution is 0.0495. The van der Waals surface area contributed by atoms with Gasteiger partial charge in [-0.3, -0.25) is 4.90 Å². The van der Waals surface area contributed by atoms with Crippen LogP contribution in [0.2, 0.25) is 0 Å². The van der Waals surface area contributed by atoms with Gasteiger partial charge in [-0.05, 0) is 54.7 Å². The summed E-state index contributed by atoms with van der Waals surface area (Å²) in [5, 5.41) is 0. The molecular formula is C19H26N2S. The Morgan fingerprint density at radius 3 is 2.59 bits per heavy atom. The minimum Gasteiger partial charge on any atom is -0.293 e. The summed E-state index contributed by atoms with van der Waals surface area (Å²) in [7, 11) is 0. The smallest absolute Gasteiger partial charge is 0.0812 e. The molecule has 118 valence electrons. The van der Waals surface area contributed by atoms with E-state index in [9.17, 15) is 0 Å². The number of piperidine rings is 1. The maximum atomic E-state index is 4.39. The van der Waals surface area contributed by atoms with Gasteiger partial charge >= 0.3 is 0 Å². The van der Waals surface area contributed by atoms with Crippen LogP contribution < -0.4 is 0 Å². The number of nitrogens with zero attached hydrogens (tertiary/aromatic N) is 2. The monoisotopic (exact) mass is 314 g/mol. The maximum Gasteiger partial charge on any atom is 0.0812 e. The van der Waals surface area contributed by atoms with Gasteiger partial charge < -0.3 is 0 Å². The van der Waals surface area contributed by atoms with E-state index in [1.807, 2.05) is 5.51 Å². The zero-order valence-corrected chi connectivity index (χ0v) is 14.7. The Balaban J connectivity index is 1.52. The fourth-order valence-corrected chi connectivity index (χ4v) is 5.19. The molecule has 22 heavy (non-hydrogen) atoms. The zero-order chi connectivity index (χ0) is 15.3. The summed E-state index contributed by atoms with van der Waals surface area (Å²) in [5.74, 6) is 0.894. The highest BCUT2D eigenvalue weighted by Crippen LogP contribution is 2.45. The van der Waals surface area contributed by atoms with Crippen molar-refractivity contribution in [2.45, 2.75) is 65.1 Å². The van der Waals surface area contributed by atoms with Gasteiger partial charge in [0.15, 0.2) is 0 Å². The molecule has 0 amide bonds. The van der Waals surface area contributed by atoms with Crippen molar-refractivity contribution in [3.63, 3.8) is 0 Å². The number of benzene rings is 1. The molecule has 3 heteroatoms. The van der Waals surface area contributed by atoms with E-state index < -0.39 is 0 Å². The highest BCUT2D eigenvalue weighted by molar-refractivity contribution is 7.16. The number of hydrogen-bond donors (Lipinski definition) is 0. The molecule has 1 aromatic carbocycles. The Morgan fingerprint density at radius 2 is 1.91 bits per heavy atom. The van der Waals surface area contributed by atoms with Crippen molar-refractivity contribution in [1.82, 2.24) is 9.88 Å².